The zero-order chi connectivity index (χ0) is 11.4. The maximum absolute atomic E-state index is 10.4. The molecular weight excluding hydrogens is 222 g/mol. The normalized spacial score (nSPS) is 8.87. The van der Waals surface area contributed by atoms with Gasteiger partial charge in [-0.05, 0) is 0 Å². The predicted molar refractivity (Wildman–Crippen MR) is 52.0 cm³/mol. The Balaban J connectivity index is 3.18. The first-order chi connectivity index (χ1) is 7.00. The number of pyridine rings is 1. The molecule has 76 valence electrons. The number of rotatable bonds is 1. The Morgan fingerprint density at radius 3 is 2.87 bits per heavy atom. The van der Waals surface area contributed by atoms with E-state index in [1.54, 1.807) is 0 Å². The van der Waals surface area contributed by atoms with Gasteiger partial charge in [0.05, 0.1) is 10.5 Å². The van der Waals surface area contributed by atoms with Crippen molar-refractivity contribution < 1.29 is 9.72 Å². The zero-order valence-corrected chi connectivity index (χ0v) is 7.99. The summed E-state index contributed by atoms with van der Waals surface area (Å²) in [6.07, 6.45) is 0.998. The molecule has 15 heavy (non-hydrogen) atoms. The molecule has 0 saturated heterocycles. The fraction of sp³-hybridized carbons (Fsp3) is 0. The Hall–Kier alpha value is -2.13. The number of hydrogen-bond donors (Lipinski definition) is 1. The molecule has 0 bridgehead atoms. The van der Waals surface area contributed by atoms with Crippen molar-refractivity contribution in [1.29, 1.82) is 0 Å². The summed E-state index contributed by atoms with van der Waals surface area (Å²) in [4.78, 5) is 23.6. The molecule has 0 saturated carbocycles. The SMILES string of the molecule is NC(=O)C#Cc1cc([N+](=O)[O-])cnc1Cl. The minimum atomic E-state index is -0.849. The van der Waals surface area contributed by atoms with Crippen LogP contribution >= 0.6 is 11.6 Å². The summed E-state index contributed by atoms with van der Waals surface area (Å²) >= 11 is 5.60. The number of carbonyl (C=O) groups is 1. The minimum Gasteiger partial charge on any atom is -0.359 e. The van der Waals surface area contributed by atoms with Gasteiger partial charge in [0, 0.05) is 12.0 Å². The van der Waals surface area contributed by atoms with E-state index in [-0.39, 0.29) is 16.4 Å². The molecule has 7 heteroatoms. The topological polar surface area (TPSA) is 99.1 Å². The largest absolute Gasteiger partial charge is 0.359 e. The van der Waals surface area contributed by atoms with Gasteiger partial charge >= 0.3 is 0 Å². The molecule has 1 rings (SSSR count). The molecule has 0 aliphatic heterocycles. The molecule has 2 N–H and O–H groups in total. The number of nitrogens with two attached hydrogens (primary N) is 1. The molecule has 6 nitrogen and oxygen atoms in total. The van der Waals surface area contributed by atoms with Crippen molar-refractivity contribution in [2.24, 2.45) is 5.73 Å². The van der Waals surface area contributed by atoms with E-state index in [1.165, 1.54) is 0 Å². The highest BCUT2D eigenvalue weighted by Crippen LogP contribution is 2.17. The molecule has 0 aromatic carbocycles. The summed E-state index contributed by atoms with van der Waals surface area (Å²) in [6.45, 7) is 0. The van der Waals surface area contributed by atoms with Crippen LogP contribution in [0.2, 0.25) is 5.15 Å². The van der Waals surface area contributed by atoms with Crippen molar-refractivity contribution in [3.8, 4) is 11.8 Å². The predicted octanol–water partition coefficient (Wildman–Crippen LogP) is 0.480. The highest BCUT2D eigenvalue weighted by Gasteiger charge is 2.09. The van der Waals surface area contributed by atoms with E-state index in [4.69, 9.17) is 17.3 Å². The van der Waals surface area contributed by atoms with Crippen molar-refractivity contribution >= 4 is 23.2 Å². The third kappa shape index (κ3) is 2.93. The Bertz CT molecular complexity index is 490. The summed E-state index contributed by atoms with van der Waals surface area (Å²) in [7, 11) is 0. The van der Waals surface area contributed by atoms with E-state index in [2.05, 4.69) is 10.9 Å². The lowest BCUT2D eigenvalue weighted by Crippen LogP contribution is -2.06. The first kappa shape index (κ1) is 10.9. The van der Waals surface area contributed by atoms with Crippen LogP contribution in [0.5, 0.6) is 0 Å². The van der Waals surface area contributed by atoms with E-state index in [1.807, 2.05) is 5.92 Å². The molecule has 0 atom stereocenters. The summed E-state index contributed by atoms with van der Waals surface area (Å²) in [5.74, 6) is 3.45. The quantitative estimate of drug-likeness (QED) is 0.325. The van der Waals surface area contributed by atoms with E-state index >= 15 is 0 Å². The summed E-state index contributed by atoms with van der Waals surface area (Å²) in [5.41, 5.74) is 4.61. The standard InChI is InChI=1S/C8H4ClN3O3/c9-8-5(1-2-7(10)13)3-6(4-11-8)12(14)15/h3-4H,(H2,10,13). The Morgan fingerprint density at radius 1 is 1.67 bits per heavy atom. The Labute approximate surface area is 89.2 Å². The van der Waals surface area contributed by atoms with Crippen molar-refractivity contribution in [1.82, 2.24) is 4.98 Å². The van der Waals surface area contributed by atoms with Crippen LogP contribution in [0.4, 0.5) is 5.69 Å². The molecule has 0 aliphatic carbocycles. The van der Waals surface area contributed by atoms with Crippen molar-refractivity contribution in [2.75, 3.05) is 0 Å². The van der Waals surface area contributed by atoms with Crippen LogP contribution in [0.1, 0.15) is 5.56 Å². The van der Waals surface area contributed by atoms with Gasteiger partial charge in [0.15, 0.2) is 0 Å². The van der Waals surface area contributed by atoms with E-state index in [0.717, 1.165) is 12.3 Å². The van der Waals surface area contributed by atoms with Crippen LogP contribution in [0.3, 0.4) is 0 Å². The summed E-state index contributed by atoms with van der Waals surface area (Å²) < 4.78 is 0. The minimum absolute atomic E-state index is 0.0191. The number of carbonyl (C=O) groups excluding carboxylic acids is 1. The van der Waals surface area contributed by atoms with Gasteiger partial charge < -0.3 is 5.73 Å². The van der Waals surface area contributed by atoms with Gasteiger partial charge in [-0.25, -0.2) is 4.98 Å². The number of halogens is 1. The van der Waals surface area contributed by atoms with Crippen molar-refractivity contribution in [3.63, 3.8) is 0 Å². The van der Waals surface area contributed by atoms with Gasteiger partial charge in [-0.3, -0.25) is 14.9 Å². The Morgan fingerprint density at radius 2 is 2.33 bits per heavy atom. The first-order valence-corrected chi connectivity index (χ1v) is 4.00. The number of nitrogens with zero attached hydrogens (tertiary/aromatic N) is 2. The van der Waals surface area contributed by atoms with E-state index < -0.39 is 10.8 Å². The molecule has 1 aromatic rings. The van der Waals surface area contributed by atoms with Crippen molar-refractivity contribution in [2.45, 2.75) is 0 Å². The van der Waals surface area contributed by atoms with Crippen LogP contribution < -0.4 is 5.73 Å². The fourth-order valence-corrected chi connectivity index (χ4v) is 0.904. The van der Waals surface area contributed by atoms with Crippen LogP contribution in [-0.2, 0) is 4.79 Å². The first-order valence-electron chi connectivity index (χ1n) is 3.62. The highest BCUT2D eigenvalue weighted by molar-refractivity contribution is 6.30. The molecule has 0 radical (unpaired) electrons. The van der Waals surface area contributed by atoms with Crippen LogP contribution in [0.25, 0.3) is 0 Å². The van der Waals surface area contributed by atoms with Crippen LogP contribution in [-0.4, -0.2) is 15.8 Å². The number of primary amides is 1. The van der Waals surface area contributed by atoms with Gasteiger partial charge in [0.25, 0.3) is 11.6 Å². The average molecular weight is 226 g/mol. The van der Waals surface area contributed by atoms with Crippen molar-refractivity contribution in [3.05, 3.63) is 33.1 Å². The molecule has 1 heterocycles. The molecule has 0 aliphatic rings. The highest BCUT2D eigenvalue weighted by atomic mass is 35.5. The second-order valence-electron chi connectivity index (χ2n) is 2.40. The number of amides is 1. The molecule has 0 spiro atoms. The molecule has 0 fully saturated rings. The van der Waals surface area contributed by atoms with Gasteiger partial charge in [-0.15, -0.1) is 0 Å². The number of nitro groups is 1. The van der Waals surface area contributed by atoms with Crippen LogP contribution in [0.15, 0.2) is 12.3 Å². The lowest BCUT2D eigenvalue weighted by Gasteiger charge is -1.94. The lowest BCUT2D eigenvalue weighted by molar-refractivity contribution is -0.385. The molecule has 1 amide bonds. The van der Waals surface area contributed by atoms with Gasteiger partial charge in [-0.2, -0.15) is 0 Å². The summed E-state index contributed by atoms with van der Waals surface area (Å²) in [5, 5.41) is 10.4. The third-order valence-electron chi connectivity index (χ3n) is 1.36. The number of aromatic nitrogens is 1. The smallest absolute Gasteiger partial charge is 0.293 e. The molecule has 1 aromatic heterocycles. The fourth-order valence-electron chi connectivity index (χ4n) is 0.753. The van der Waals surface area contributed by atoms with Gasteiger partial charge in [0.2, 0.25) is 0 Å². The Kier molecular flexibility index (Phi) is 3.21. The van der Waals surface area contributed by atoms with E-state index in [0.29, 0.717) is 0 Å². The number of hydrogen-bond acceptors (Lipinski definition) is 4. The average Bonchev–Trinajstić information content (AvgIpc) is 2.16. The third-order valence-corrected chi connectivity index (χ3v) is 1.66. The van der Waals surface area contributed by atoms with Crippen LogP contribution in [0, 0.1) is 22.0 Å². The van der Waals surface area contributed by atoms with Gasteiger partial charge in [0.1, 0.15) is 11.3 Å². The zero-order valence-electron chi connectivity index (χ0n) is 7.23. The monoisotopic (exact) mass is 225 g/mol. The maximum Gasteiger partial charge on any atom is 0.293 e. The maximum atomic E-state index is 10.4. The lowest BCUT2D eigenvalue weighted by atomic mass is 10.2. The summed E-state index contributed by atoms with van der Waals surface area (Å²) in [6, 6.07) is 1.12. The molecule has 0 unspecified atom stereocenters. The second-order valence-corrected chi connectivity index (χ2v) is 2.76. The van der Waals surface area contributed by atoms with E-state index in [9.17, 15) is 14.9 Å². The molecular formula is C8H4ClN3O3. The second kappa shape index (κ2) is 4.39. The van der Waals surface area contributed by atoms with Gasteiger partial charge in [-0.1, -0.05) is 17.5 Å².